The lowest BCUT2D eigenvalue weighted by Gasteiger charge is -2.14. The zero-order chi connectivity index (χ0) is 16.4. The van der Waals surface area contributed by atoms with Gasteiger partial charge in [0.2, 0.25) is 0 Å². The third kappa shape index (κ3) is 1.65. The summed E-state index contributed by atoms with van der Waals surface area (Å²) in [7, 11) is 0. The van der Waals surface area contributed by atoms with Crippen molar-refractivity contribution in [2.45, 2.75) is 5.92 Å². The van der Waals surface area contributed by atoms with E-state index in [9.17, 15) is 9.59 Å². The van der Waals surface area contributed by atoms with E-state index < -0.39 is 0 Å². The minimum absolute atomic E-state index is 0.0572. The first-order valence-corrected chi connectivity index (χ1v) is 8.57. The van der Waals surface area contributed by atoms with E-state index in [1.54, 1.807) is 6.08 Å². The standard InChI is InChI=1S/C21H11BrO2/c22-17-8-4-3-7-13(17)20-14-9-16-19(15(14)10-18(20)23)11-5-1-2-6-12(11)21(16)24/h1-10,20H. The fraction of sp³-hybridized carbons (Fsp3) is 0.0476. The van der Waals surface area contributed by atoms with Gasteiger partial charge in [-0.05, 0) is 40.5 Å². The van der Waals surface area contributed by atoms with Crippen molar-refractivity contribution in [1.82, 2.24) is 0 Å². The van der Waals surface area contributed by atoms with E-state index in [0.717, 1.165) is 43.5 Å². The highest BCUT2D eigenvalue weighted by molar-refractivity contribution is 9.10. The summed E-state index contributed by atoms with van der Waals surface area (Å²) >= 11 is 3.55. The van der Waals surface area contributed by atoms with E-state index in [4.69, 9.17) is 0 Å². The average molecular weight is 375 g/mol. The summed E-state index contributed by atoms with van der Waals surface area (Å²) in [5.74, 6) is -0.200. The minimum atomic E-state index is -0.332. The van der Waals surface area contributed by atoms with Crippen LogP contribution in [-0.2, 0) is 4.79 Å². The second-order valence-electron chi connectivity index (χ2n) is 6.18. The first kappa shape index (κ1) is 13.9. The van der Waals surface area contributed by atoms with Gasteiger partial charge in [-0.15, -0.1) is 0 Å². The van der Waals surface area contributed by atoms with Gasteiger partial charge in [-0.25, -0.2) is 0 Å². The summed E-state index contributed by atoms with van der Waals surface area (Å²) in [5.41, 5.74) is 6.12. The maximum atomic E-state index is 12.7. The largest absolute Gasteiger partial charge is 0.294 e. The average Bonchev–Trinajstić information content (AvgIpc) is 3.18. The van der Waals surface area contributed by atoms with Crippen molar-refractivity contribution in [2.24, 2.45) is 0 Å². The fourth-order valence-electron chi connectivity index (χ4n) is 3.91. The number of carbonyl (C=O) groups is 2. The van der Waals surface area contributed by atoms with Crippen molar-refractivity contribution in [3.63, 3.8) is 0 Å². The summed E-state index contributed by atoms with van der Waals surface area (Å²) in [6.45, 7) is 0. The van der Waals surface area contributed by atoms with E-state index in [2.05, 4.69) is 15.9 Å². The number of rotatable bonds is 1. The molecule has 0 N–H and O–H groups in total. The SMILES string of the molecule is O=C1C2=C(C3=CC(=O)C(c4ccccc4Br)C3=C2)c2ccccc21. The lowest BCUT2D eigenvalue weighted by atomic mass is 9.89. The molecular formula is C21H11BrO2. The molecule has 0 fully saturated rings. The Labute approximate surface area is 147 Å². The number of fused-ring (bicyclic) bond motifs is 4. The molecule has 2 aromatic carbocycles. The predicted octanol–water partition coefficient (Wildman–Crippen LogP) is 4.63. The molecule has 0 bridgehead atoms. The van der Waals surface area contributed by atoms with Gasteiger partial charge in [0, 0.05) is 21.2 Å². The molecule has 3 aliphatic rings. The highest BCUT2D eigenvalue weighted by atomic mass is 79.9. The van der Waals surface area contributed by atoms with Gasteiger partial charge in [0.25, 0.3) is 0 Å². The zero-order valence-electron chi connectivity index (χ0n) is 12.5. The predicted molar refractivity (Wildman–Crippen MR) is 95.7 cm³/mol. The molecule has 3 aliphatic carbocycles. The summed E-state index contributed by atoms with van der Waals surface area (Å²) < 4.78 is 0.915. The van der Waals surface area contributed by atoms with Crippen LogP contribution in [0, 0.1) is 0 Å². The number of allylic oxidation sites excluding steroid dienone is 6. The molecule has 24 heavy (non-hydrogen) atoms. The molecule has 0 aliphatic heterocycles. The Morgan fingerprint density at radius 2 is 1.54 bits per heavy atom. The number of hydrogen-bond acceptors (Lipinski definition) is 2. The van der Waals surface area contributed by atoms with Gasteiger partial charge in [0.05, 0.1) is 5.92 Å². The van der Waals surface area contributed by atoms with Crippen LogP contribution in [0.1, 0.15) is 27.4 Å². The van der Waals surface area contributed by atoms with Crippen molar-refractivity contribution in [3.05, 3.63) is 98.6 Å². The number of Topliss-reactive ketones (excluding diaryl/α,β-unsaturated/α-hetero) is 1. The number of ketones is 2. The fourth-order valence-corrected chi connectivity index (χ4v) is 4.43. The summed E-state index contributed by atoms with van der Waals surface area (Å²) in [4.78, 5) is 25.4. The first-order chi connectivity index (χ1) is 11.7. The molecule has 0 radical (unpaired) electrons. The van der Waals surface area contributed by atoms with Crippen LogP contribution >= 0.6 is 15.9 Å². The summed E-state index contributed by atoms with van der Waals surface area (Å²) in [5, 5.41) is 0. The van der Waals surface area contributed by atoms with Crippen molar-refractivity contribution >= 4 is 33.1 Å². The van der Waals surface area contributed by atoms with Crippen molar-refractivity contribution in [2.75, 3.05) is 0 Å². The molecule has 2 aromatic rings. The Morgan fingerprint density at radius 3 is 2.33 bits per heavy atom. The highest BCUT2D eigenvalue weighted by Gasteiger charge is 2.43. The number of benzene rings is 2. The Balaban J connectivity index is 1.68. The van der Waals surface area contributed by atoms with E-state index in [-0.39, 0.29) is 17.5 Å². The monoisotopic (exact) mass is 374 g/mol. The molecule has 0 aromatic heterocycles. The van der Waals surface area contributed by atoms with Gasteiger partial charge in [-0.1, -0.05) is 58.4 Å². The number of hydrogen-bond donors (Lipinski definition) is 0. The maximum absolute atomic E-state index is 12.7. The molecule has 0 saturated heterocycles. The molecule has 0 heterocycles. The van der Waals surface area contributed by atoms with Crippen LogP contribution in [0.4, 0.5) is 0 Å². The molecule has 114 valence electrons. The van der Waals surface area contributed by atoms with Gasteiger partial charge >= 0.3 is 0 Å². The Bertz CT molecular complexity index is 1050. The molecule has 0 spiro atoms. The first-order valence-electron chi connectivity index (χ1n) is 7.77. The molecule has 0 saturated carbocycles. The second kappa shape index (κ2) is 4.74. The maximum Gasteiger partial charge on any atom is 0.194 e. The Morgan fingerprint density at radius 1 is 0.833 bits per heavy atom. The Kier molecular flexibility index (Phi) is 2.74. The Hall–Kier alpha value is -2.52. The van der Waals surface area contributed by atoms with Crippen LogP contribution in [0.2, 0.25) is 0 Å². The van der Waals surface area contributed by atoms with Gasteiger partial charge in [0.1, 0.15) is 0 Å². The van der Waals surface area contributed by atoms with Crippen LogP contribution in [0.3, 0.4) is 0 Å². The lowest BCUT2D eigenvalue weighted by molar-refractivity contribution is -0.114. The lowest BCUT2D eigenvalue weighted by Crippen LogP contribution is -2.08. The van der Waals surface area contributed by atoms with E-state index in [1.165, 1.54) is 0 Å². The normalized spacial score (nSPS) is 20.8. The molecule has 1 atom stereocenters. The van der Waals surface area contributed by atoms with Crippen LogP contribution in [0.15, 0.2) is 81.9 Å². The third-order valence-corrected chi connectivity index (χ3v) is 5.66. The number of carbonyl (C=O) groups excluding carboxylic acids is 2. The van der Waals surface area contributed by atoms with E-state index in [1.807, 2.05) is 54.6 Å². The van der Waals surface area contributed by atoms with Crippen LogP contribution < -0.4 is 0 Å². The van der Waals surface area contributed by atoms with Crippen LogP contribution in [0.5, 0.6) is 0 Å². The highest BCUT2D eigenvalue weighted by Crippen LogP contribution is 2.53. The van der Waals surface area contributed by atoms with Crippen LogP contribution in [-0.4, -0.2) is 11.6 Å². The third-order valence-electron chi connectivity index (χ3n) is 4.93. The molecule has 5 rings (SSSR count). The molecule has 3 heteroatoms. The molecule has 1 unspecified atom stereocenters. The minimum Gasteiger partial charge on any atom is -0.294 e. The van der Waals surface area contributed by atoms with E-state index in [0.29, 0.717) is 0 Å². The smallest absolute Gasteiger partial charge is 0.194 e. The topological polar surface area (TPSA) is 34.1 Å². The number of halogens is 1. The second-order valence-corrected chi connectivity index (χ2v) is 7.03. The van der Waals surface area contributed by atoms with Crippen LogP contribution in [0.25, 0.3) is 5.57 Å². The van der Waals surface area contributed by atoms with Gasteiger partial charge in [-0.2, -0.15) is 0 Å². The zero-order valence-corrected chi connectivity index (χ0v) is 14.1. The molecule has 2 nitrogen and oxygen atoms in total. The van der Waals surface area contributed by atoms with Crippen molar-refractivity contribution in [3.8, 4) is 0 Å². The summed E-state index contributed by atoms with van der Waals surface area (Å²) in [6, 6.07) is 15.4. The van der Waals surface area contributed by atoms with Crippen molar-refractivity contribution < 1.29 is 9.59 Å². The van der Waals surface area contributed by atoms with Gasteiger partial charge in [-0.3, -0.25) is 9.59 Å². The van der Waals surface area contributed by atoms with Gasteiger partial charge in [0.15, 0.2) is 11.6 Å². The summed E-state index contributed by atoms with van der Waals surface area (Å²) in [6.07, 6.45) is 3.62. The molecular weight excluding hydrogens is 364 g/mol. The van der Waals surface area contributed by atoms with Crippen molar-refractivity contribution in [1.29, 1.82) is 0 Å². The van der Waals surface area contributed by atoms with E-state index >= 15 is 0 Å². The quantitative estimate of drug-likeness (QED) is 0.728. The van der Waals surface area contributed by atoms with Gasteiger partial charge < -0.3 is 0 Å². The molecule has 0 amide bonds.